The molecule has 0 amide bonds. The third-order valence-corrected chi connectivity index (χ3v) is 4.70. The first-order chi connectivity index (χ1) is 7.70. The SMILES string of the molecule is O=C(c1ccncc1)c1cccc(Br)c1I. The molecule has 0 saturated heterocycles. The van der Waals surface area contributed by atoms with E-state index < -0.39 is 0 Å². The Kier molecular flexibility index (Phi) is 3.70. The molecule has 0 aliphatic carbocycles. The van der Waals surface area contributed by atoms with Crippen LogP contribution in [0.4, 0.5) is 0 Å². The van der Waals surface area contributed by atoms with Crippen LogP contribution in [0.15, 0.2) is 47.2 Å². The van der Waals surface area contributed by atoms with Gasteiger partial charge in [-0.25, -0.2) is 0 Å². The van der Waals surface area contributed by atoms with E-state index in [2.05, 4.69) is 43.5 Å². The van der Waals surface area contributed by atoms with E-state index in [-0.39, 0.29) is 5.78 Å². The molecule has 0 radical (unpaired) electrons. The fourth-order valence-electron chi connectivity index (χ4n) is 1.34. The normalized spacial score (nSPS) is 10.1. The summed E-state index contributed by atoms with van der Waals surface area (Å²) in [5.41, 5.74) is 1.37. The van der Waals surface area contributed by atoms with E-state index in [0.717, 1.165) is 8.04 Å². The molecule has 80 valence electrons. The average Bonchev–Trinajstić information content (AvgIpc) is 2.33. The lowest BCUT2D eigenvalue weighted by atomic mass is 10.1. The molecule has 4 heteroatoms. The summed E-state index contributed by atoms with van der Waals surface area (Å²) < 4.78 is 1.87. The number of pyridine rings is 1. The molecule has 2 rings (SSSR count). The van der Waals surface area contributed by atoms with Crippen molar-refractivity contribution in [3.63, 3.8) is 0 Å². The van der Waals surface area contributed by atoms with Crippen LogP contribution in [0.2, 0.25) is 0 Å². The van der Waals surface area contributed by atoms with E-state index in [1.54, 1.807) is 24.5 Å². The van der Waals surface area contributed by atoms with E-state index >= 15 is 0 Å². The van der Waals surface area contributed by atoms with Crippen molar-refractivity contribution < 1.29 is 4.79 Å². The van der Waals surface area contributed by atoms with Gasteiger partial charge in [-0.1, -0.05) is 6.07 Å². The maximum atomic E-state index is 12.2. The lowest BCUT2D eigenvalue weighted by Crippen LogP contribution is -2.03. The third-order valence-electron chi connectivity index (χ3n) is 2.14. The van der Waals surface area contributed by atoms with Crippen molar-refractivity contribution >= 4 is 44.3 Å². The molecule has 0 aliphatic heterocycles. The third kappa shape index (κ3) is 2.32. The Bertz CT molecular complexity index is 528. The van der Waals surface area contributed by atoms with E-state index in [9.17, 15) is 4.79 Å². The minimum absolute atomic E-state index is 0.0214. The predicted octanol–water partition coefficient (Wildman–Crippen LogP) is 3.68. The number of carbonyl (C=O) groups is 1. The first kappa shape index (κ1) is 11.7. The molecule has 0 spiro atoms. The molecule has 16 heavy (non-hydrogen) atoms. The molecular weight excluding hydrogens is 381 g/mol. The van der Waals surface area contributed by atoms with Crippen LogP contribution < -0.4 is 0 Å². The van der Waals surface area contributed by atoms with Crippen molar-refractivity contribution in [3.05, 3.63) is 61.9 Å². The van der Waals surface area contributed by atoms with E-state index in [0.29, 0.717) is 11.1 Å². The highest BCUT2D eigenvalue weighted by molar-refractivity contribution is 14.1. The van der Waals surface area contributed by atoms with Gasteiger partial charge in [0.15, 0.2) is 5.78 Å². The van der Waals surface area contributed by atoms with Crippen LogP contribution in [0, 0.1) is 3.57 Å². The molecule has 1 heterocycles. The molecule has 1 aromatic heterocycles. The van der Waals surface area contributed by atoms with Gasteiger partial charge in [0, 0.05) is 31.6 Å². The first-order valence-electron chi connectivity index (χ1n) is 4.59. The van der Waals surface area contributed by atoms with Gasteiger partial charge in [-0.3, -0.25) is 9.78 Å². The summed E-state index contributed by atoms with van der Waals surface area (Å²) in [6, 6.07) is 9.06. The van der Waals surface area contributed by atoms with Crippen molar-refractivity contribution in [1.82, 2.24) is 4.98 Å². The van der Waals surface area contributed by atoms with E-state index in [1.807, 2.05) is 18.2 Å². The van der Waals surface area contributed by atoms with Gasteiger partial charge in [0.25, 0.3) is 0 Å². The summed E-state index contributed by atoms with van der Waals surface area (Å²) in [6.07, 6.45) is 3.25. The van der Waals surface area contributed by atoms with Crippen LogP contribution in [0.5, 0.6) is 0 Å². The van der Waals surface area contributed by atoms with Gasteiger partial charge in [0.1, 0.15) is 0 Å². The number of benzene rings is 1. The molecular formula is C12H7BrINO. The maximum absolute atomic E-state index is 12.2. The molecule has 0 N–H and O–H groups in total. The molecule has 1 aromatic carbocycles. The van der Waals surface area contributed by atoms with Gasteiger partial charge < -0.3 is 0 Å². The topological polar surface area (TPSA) is 30.0 Å². The summed E-state index contributed by atoms with van der Waals surface area (Å²) in [7, 11) is 0. The summed E-state index contributed by atoms with van der Waals surface area (Å²) in [6.45, 7) is 0. The van der Waals surface area contributed by atoms with Crippen LogP contribution in [-0.2, 0) is 0 Å². The Labute approximate surface area is 115 Å². The Morgan fingerprint density at radius 2 is 1.88 bits per heavy atom. The Morgan fingerprint density at radius 3 is 2.56 bits per heavy atom. The van der Waals surface area contributed by atoms with Crippen molar-refractivity contribution in [3.8, 4) is 0 Å². The van der Waals surface area contributed by atoms with Crippen LogP contribution in [0.3, 0.4) is 0 Å². The van der Waals surface area contributed by atoms with Crippen molar-refractivity contribution in [2.24, 2.45) is 0 Å². The van der Waals surface area contributed by atoms with E-state index in [1.165, 1.54) is 0 Å². The molecule has 2 nitrogen and oxygen atoms in total. The summed E-state index contributed by atoms with van der Waals surface area (Å²) >= 11 is 5.58. The number of hydrogen-bond acceptors (Lipinski definition) is 2. The zero-order chi connectivity index (χ0) is 11.5. The Hall–Kier alpha value is -0.750. The molecule has 0 fully saturated rings. The number of ketones is 1. The maximum Gasteiger partial charge on any atom is 0.194 e. The second-order valence-electron chi connectivity index (χ2n) is 3.17. The quantitative estimate of drug-likeness (QED) is 0.581. The van der Waals surface area contributed by atoms with Gasteiger partial charge in [-0.15, -0.1) is 0 Å². The second kappa shape index (κ2) is 5.05. The lowest BCUT2D eigenvalue weighted by molar-refractivity contribution is 0.103. The highest BCUT2D eigenvalue weighted by atomic mass is 127. The fourth-order valence-corrected chi connectivity index (χ4v) is 2.31. The number of rotatable bonds is 2. The molecule has 0 saturated carbocycles. The minimum Gasteiger partial charge on any atom is -0.289 e. The summed E-state index contributed by atoms with van der Waals surface area (Å²) in [4.78, 5) is 16.1. The Morgan fingerprint density at radius 1 is 1.19 bits per heavy atom. The number of halogens is 2. The standard InChI is InChI=1S/C12H7BrINO/c13-10-3-1-2-9(11(10)14)12(16)8-4-6-15-7-5-8/h1-7H. The first-order valence-corrected chi connectivity index (χ1v) is 6.46. The van der Waals surface area contributed by atoms with Crippen LogP contribution in [0.25, 0.3) is 0 Å². The van der Waals surface area contributed by atoms with Gasteiger partial charge in [-0.2, -0.15) is 0 Å². The van der Waals surface area contributed by atoms with Crippen molar-refractivity contribution in [1.29, 1.82) is 0 Å². The number of aromatic nitrogens is 1. The molecule has 0 bridgehead atoms. The van der Waals surface area contributed by atoms with E-state index in [4.69, 9.17) is 0 Å². The van der Waals surface area contributed by atoms with Crippen LogP contribution in [0.1, 0.15) is 15.9 Å². The highest BCUT2D eigenvalue weighted by Crippen LogP contribution is 2.24. The fraction of sp³-hybridized carbons (Fsp3) is 0. The zero-order valence-corrected chi connectivity index (χ0v) is 11.9. The Balaban J connectivity index is 2.46. The lowest BCUT2D eigenvalue weighted by Gasteiger charge is -2.04. The smallest absolute Gasteiger partial charge is 0.194 e. The van der Waals surface area contributed by atoms with Crippen LogP contribution in [-0.4, -0.2) is 10.8 Å². The minimum atomic E-state index is 0.0214. The summed E-state index contributed by atoms with van der Waals surface area (Å²) in [5, 5.41) is 0. The highest BCUT2D eigenvalue weighted by Gasteiger charge is 2.13. The van der Waals surface area contributed by atoms with Gasteiger partial charge in [0.2, 0.25) is 0 Å². The molecule has 0 atom stereocenters. The van der Waals surface area contributed by atoms with Gasteiger partial charge in [0.05, 0.1) is 0 Å². The molecule has 0 unspecified atom stereocenters. The van der Waals surface area contributed by atoms with Gasteiger partial charge in [-0.05, 0) is 62.8 Å². The van der Waals surface area contributed by atoms with Gasteiger partial charge >= 0.3 is 0 Å². The predicted molar refractivity (Wildman–Crippen MR) is 74.5 cm³/mol. The van der Waals surface area contributed by atoms with Crippen LogP contribution >= 0.6 is 38.5 Å². The second-order valence-corrected chi connectivity index (χ2v) is 5.10. The molecule has 0 aliphatic rings. The molecule has 2 aromatic rings. The number of hydrogen-bond donors (Lipinski definition) is 0. The number of nitrogens with zero attached hydrogens (tertiary/aromatic N) is 1. The largest absolute Gasteiger partial charge is 0.289 e. The number of carbonyl (C=O) groups excluding carboxylic acids is 1. The summed E-state index contributed by atoms with van der Waals surface area (Å²) in [5.74, 6) is 0.0214. The zero-order valence-electron chi connectivity index (χ0n) is 8.15. The monoisotopic (exact) mass is 387 g/mol. The van der Waals surface area contributed by atoms with Crippen molar-refractivity contribution in [2.45, 2.75) is 0 Å². The van der Waals surface area contributed by atoms with Crippen molar-refractivity contribution in [2.75, 3.05) is 0 Å². The average molecular weight is 388 g/mol.